The van der Waals surface area contributed by atoms with Gasteiger partial charge in [-0.15, -0.1) is 0 Å². The average Bonchev–Trinajstić information content (AvgIpc) is 2.35. The standard InChI is InChI=1S/C11H16BrN3O2S/c1-18-6-4-2-3-5-13-11-10(15(16)17)7-9(12)8-14-11/h7-8H,2-6H2,1H3,(H,13,14). The molecule has 0 aromatic carbocycles. The monoisotopic (exact) mass is 333 g/mol. The molecule has 0 radical (unpaired) electrons. The number of hydrogen-bond donors (Lipinski definition) is 1. The molecule has 1 aromatic rings. The van der Waals surface area contributed by atoms with E-state index >= 15 is 0 Å². The molecule has 100 valence electrons. The molecule has 7 heteroatoms. The van der Waals surface area contributed by atoms with E-state index in [1.54, 1.807) is 6.20 Å². The summed E-state index contributed by atoms with van der Waals surface area (Å²) in [6.07, 6.45) is 6.95. The zero-order valence-electron chi connectivity index (χ0n) is 10.2. The van der Waals surface area contributed by atoms with E-state index in [0.717, 1.165) is 18.6 Å². The first-order valence-corrected chi connectivity index (χ1v) is 7.86. The van der Waals surface area contributed by atoms with Crippen molar-refractivity contribution >= 4 is 39.2 Å². The van der Waals surface area contributed by atoms with Gasteiger partial charge in [0, 0.05) is 23.3 Å². The number of aromatic nitrogens is 1. The minimum absolute atomic E-state index is 0.00786. The Balaban J connectivity index is 2.44. The molecule has 0 aliphatic rings. The molecule has 0 aliphatic carbocycles. The van der Waals surface area contributed by atoms with Crippen molar-refractivity contribution in [1.29, 1.82) is 0 Å². The average molecular weight is 334 g/mol. The minimum Gasteiger partial charge on any atom is -0.364 e. The summed E-state index contributed by atoms with van der Waals surface area (Å²) in [5.41, 5.74) is 0.00786. The van der Waals surface area contributed by atoms with E-state index in [9.17, 15) is 10.1 Å². The van der Waals surface area contributed by atoms with Crippen molar-refractivity contribution < 1.29 is 4.92 Å². The fourth-order valence-corrected chi connectivity index (χ4v) is 2.27. The first-order chi connectivity index (χ1) is 8.65. The number of rotatable bonds is 8. The van der Waals surface area contributed by atoms with Crippen LogP contribution in [0.4, 0.5) is 11.5 Å². The Morgan fingerprint density at radius 2 is 2.28 bits per heavy atom. The molecule has 0 amide bonds. The van der Waals surface area contributed by atoms with Crippen molar-refractivity contribution in [3.63, 3.8) is 0 Å². The van der Waals surface area contributed by atoms with Gasteiger partial charge >= 0.3 is 5.69 Å². The van der Waals surface area contributed by atoms with Crippen LogP contribution in [0.3, 0.4) is 0 Å². The lowest BCUT2D eigenvalue weighted by Crippen LogP contribution is -2.06. The maximum absolute atomic E-state index is 10.8. The highest BCUT2D eigenvalue weighted by molar-refractivity contribution is 9.10. The summed E-state index contributed by atoms with van der Waals surface area (Å²) < 4.78 is 0.611. The number of thioether (sulfide) groups is 1. The molecule has 0 aliphatic heterocycles. The largest absolute Gasteiger partial charge is 0.364 e. The number of anilines is 1. The third-order valence-electron chi connectivity index (χ3n) is 2.35. The second-order valence-electron chi connectivity index (χ2n) is 3.76. The van der Waals surface area contributed by atoms with Crippen LogP contribution in [-0.4, -0.2) is 28.5 Å². The van der Waals surface area contributed by atoms with Crippen molar-refractivity contribution in [3.05, 3.63) is 26.9 Å². The van der Waals surface area contributed by atoms with Crippen LogP contribution >= 0.6 is 27.7 Å². The van der Waals surface area contributed by atoms with Gasteiger partial charge in [0.05, 0.1) is 4.92 Å². The molecule has 1 N–H and O–H groups in total. The Bertz CT molecular complexity index is 404. The number of pyridine rings is 1. The van der Waals surface area contributed by atoms with Crippen LogP contribution in [0.5, 0.6) is 0 Å². The number of unbranched alkanes of at least 4 members (excludes halogenated alkanes) is 2. The van der Waals surface area contributed by atoms with E-state index in [0.29, 0.717) is 16.8 Å². The van der Waals surface area contributed by atoms with Crippen molar-refractivity contribution in [2.45, 2.75) is 19.3 Å². The van der Waals surface area contributed by atoms with Crippen molar-refractivity contribution in [3.8, 4) is 0 Å². The van der Waals surface area contributed by atoms with Gasteiger partial charge < -0.3 is 5.32 Å². The van der Waals surface area contributed by atoms with Gasteiger partial charge in [0.15, 0.2) is 0 Å². The molecule has 0 atom stereocenters. The molecule has 0 bridgehead atoms. The lowest BCUT2D eigenvalue weighted by Gasteiger charge is -2.06. The lowest BCUT2D eigenvalue weighted by molar-refractivity contribution is -0.384. The maximum Gasteiger partial charge on any atom is 0.312 e. The molecular formula is C11H16BrN3O2S. The van der Waals surface area contributed by atoms with Crippen molar-refractivity contribution in [1.82, 2.24) is 4.98 Å². The predicted molar refractivity (Wildman–Crippen MR) is 79.3 cm³/mol. The fraction of sp³-hybridized carbons (Fsp3) is 0.545. The molecule has 0 unspecified atom stereocenters. The summed E-state index contributed by atoms with van der Waals surface area (Å²) in [6.45, 7) is 0.712. The molecule has 0 spiro atoms. The van der Waals surface area contributed by atoms with E-state index in [4.69, 9.17) is 0 Å². The Morgan fingerprint density at radius 3 is 2.94 bits per heavy atom. The Morgan fingerprint density at radius 1 is 1.50 bits per heavy atom. The molecule has 0 fully saturated rings. The van der Waals surface area contributed by atoms with Crippen LogP contribution < -0.4 is 5.32 Å². The Hall–Kier alpha value is -0.820. The lowest BCUT2D eigenvalue weighted by atomic mass is 10.2. The van der Waals surface area contributed by atoms with Gasteiger partial charge in [0.2, 0.25) is 5.82 Å². The van der Waals surface area contributed by atoms with E-state index in [-0.39, 0.29) is 5.69 Å². The molecule has 0 saturated carbocycles. The zero-order chi connectivity index (χ0) is 13.4. The number of hydrogen-bond acceptors (Lipinski definition) is 5. The van der Waals surface area contributed by atoms with Crippen LogP contribution in [0, 0.1) is 10.1 Å². The molecule has 18 heavy (non-hydrogen) atoms. The Labute approximate surface area is 119 Å². The highest BCUT2D eigenvalue weighted by Gasteiger charge is 2.14. The molecule has 0 saturated heterocycles. The number of nitrogens with zero attached hydrogens (tertiary/aromatic N) is 2. The summed E-state index contributed by atoms with van der Waals surface area (Å²) >= 11 is 5.01. The van der Waals surface area contributed by atoms with Gasteiger partial charge in [-0.05, 0) is 40.8 Å². The molecule has 1 rings (SSSR count). The summed E-state index contributed by atoms with van der Waals surface area (Å²) in [5, 5.41) is 13.9. The van der Waals surface area contributed by atoms with Gasteiger partial charge in [-0.3, -0.25) is 10.1 Å². The second-order valence-corrected chi connectivity index (χ2v) is 5.66. The Kier molecular flexibility index (Phi) is 7.04. The van der Waals surface area contributed by atoms with Crippen LogP contribution in [0.1, 0.15) is 19.3 Å². The summed E-state index contributed by atoms with van der Waals surface area (Å²) in [5.74, 6) is 1.50. The number of nitrogens with one attached hydrogen (secondary N) is 1. The summed E-state index contributed by atoms with van der Waals surface area (Å²) in [7, 11) is 0. The van der Waals surface area contributed by atoms with Crippen LogP contribution in [-0.2, 0) is 0 Å². The van der Waals surface area contributed by atoms with Gasteiger partial charge in [-0.2, -0.15) is 11.8 Å². The first kappa shape index (κ1) is 15.2. The highest BCUT2D eigenvalue weighted by atomic mass is 79.9. The zero-order valence-corrected chi connectivity index (χ0v) is 12.6. The second kappa shape index (κ2) is 8.31. The maximum atomic E-state index is 10.8. The van der Waals surface area contributed by atoms with E-state index in [1.807, 2.05) is 11.8 Å². The normalized spacial score (nSPS) is 10.3. The molecule has 1 aromatic heterocycles. The third kappa shape index (κ3) is 5.22. The van der Waals surface area contributed by atoms with Crippen LogP contribution in [0.2, 0.25) is 0 Å². The van der Waals surface area contributed by atoms with Crippen LogP contribution in [0.25, 0.3) is 0 Å². The molecule has 1 heterocycles. The molecular weight excluding hydrogens is 318 g/mol. The summed E-state index contributed by atoms with van der Waals surface area (Å²) in [4.78, 5) is 14.5. The van der Waals surface area contributed by atoms with Gasteiger partial charge in [0.1, 0.15) is 0 Å². The van der Waals surface area contributed by atoms with E-state index in [2.05, 4.69) is 32.5 Å². The quantitative estimate of drug-likeness (QED) is 0.446. The molecule has 5 nitrogen and oxygen atoms in total. The first-order valence-electron chi connectivity index (χ1n) is 5.68. The van der Waals surface area contributed by atoms with E-state index < -0.39 is 4.92 Å². The smallest absolute Gasteiger partial charge is 0.312 e. The fourth-order valence-electron chi connectivity index (χ4n) is 1.46. The topological polar surface area (TPSA) is 68.1 Å². The SMILES string of the molecule is CSCCCCCNc1ncc(Br)cc1[N+](=O)[O-]. The summed E-state index contributed by atoms with van der Waals surface area (Å²) in [6, 6.07) is 1.46. The van der Waals surface area contributed by atoms with Gasteiger partial charge in [-0.1, -0.05) is 6.42 Å². The predicted octanol–water partition coefficient (Wildman–Crippen LogP) is 3.70. The van der Waals surface area contributed by atoms with Crippen molar-refractivity contribution in [2.24, 2.45) is 0 Å². The minimum atomic E-state index is -0.423. The third-order valence-corrected chi connectivity index (χ3v) is 3.48. The number of nitro groups is 1. The van der Waals surface area contributed by atoms with Crippen LogP contribution in [0.15, 0.2) is 16.7 Å². The van der Waals surface area contributed by atoms with Gasteiger partial charge in [0.25, 0.3) is 0 Å². The highest BCUT2D eigenvalue weighted by Crippen LogP contribution is 2.25. The van der Waals surface area contributed by atoms with Crippen molar-refractivity contribution in [2.75, 3.05) is 23.9 Å². The van der Waals surface area contributed by atoms with Gasteiger partial charge in [-0.25, -0.2) is 4.98 Å². The number of halogens is 1. The van der Waals surface area contributed by atoms with E-state index in [1.165, 1.54) is 12.5 Å².